The summed E-state index contributed by atoms with van der Waals surface area (Å²) in [7, 11) is -1.32. The van der Waals surface area contributed by atoms with Crippen LogP contribution in [0.3, 0.4) is 0 Å². The topological polar surface area (TPSA) is 107 Å². The molecule has 0 saturated carbocycles. The molecule has 0 atom stereocenters. The van der Waals surface area contributed by atoms with Crippen molar-refractivity contribution in [2.24, 2.45) is 7.05 Å². The predicted octanol–water partition coefficient (Wildman–Crippen LogP) is 2.32. The largest absolute Gasteiger partial charge is 0.462 e. The molecule has 0 spiro atoms. The molecule has 0 bridgehead atoms. The van der Waals surface area contributed by atoms with Crippen molar-refractivity contribution >= 4 is 38.1 Å². The summed E-state index contributed by atoms with van der Waals surface area (Å²) < 4.78 is 30.9. The fourth-order valence-corrected chi connectivity index (χ4v) is 6.59. The Balaban J connectivity index is 1.81. The van der Waals surface area contributed by atoms with Gasteiger partial charge < -0.3 is 10.1 Å². The molecule has 0 unspecified atom stereocenters. The number of hydrogen-bond acceptors (Lipinski definition) is 7. The zero-order valence-corrected chi connectivity index (χ0v) is 18.6. The van der Waals surface area contributed by atoms with Crippen LogP contribution in [-0.2, 0) is 45.0 Å². The van der Waals surface area contributed by atoms with Gasteiger partial charge in [0.25, 0.3) is 0 Å². The summed E-state index contributed by atoms with van der Waals surface area (Å²) in [4.78, 5) is 25.7. The lowest BCUT2D eigenvalue weighted by Crippen LogP contribution is -2.20. The van der Waals surface area contributed by atoms with Crippen LogP contribution in [0.4, 0.5) is 5.00 Å². The Labute approximate surface area is 174 Å². The van der Waals surface area contributed by atoms with Gasteiger partial charge in [0.2, 0.25) is 5.91 Å². The Bertz CT molecular complexity index is 1070. The number of nitrogens with one attached hydrogen (secondary N) is 1. The van der Waals surface area contributed by atoms with E-state index in [1.807, 2.05) is 20.9 Å². The van der Waals surface area contributed by atoms with Crippen molar-refractivity contribution in [3.8, 4) is 0 Å². The number of carbonyl (C=O) groups is 2. The fraction of sp³-hybridized carbons (Fsp3) is 0.526. The van der Waals surface area contributed by atoms with Crippen LogP contribution in [0, 0.1) is 13.8 Å². The number of hydrogen-bond donors (Lipinski definition) is 1. The molecule has 1 aliphatic rings. The van der Waals surface area contributed by atoms with Gasteiger partial charge in [0.15, 0.2) is 9.84 Å². The number of esters is 1. The second kappa shape index (κ2) is 8.27. The van der Waals surface area contributed by atoms with E-state index in [0.717, 1.165) is 28.3 Å². The third-order valence-corrected chi connectivity index (χ3v) is 7.98. The number of amides is 1. The number of aryl methyl sites for hydroxylation is 2. The Morgan fingerprint density at radius 1 is 1.31 bits per heavy atom. The summed E-state index contributed by atoms with van der Waals surface area (Å²) in [6.45, 7) is 5.78. The number of aromatic nitrogens is 2. The normalized spacial score (nSPS) is 15.0. The van der Waals surface area contributed by atoms with E-state index in [9.17, 15) is 18.0 Å². The number of sulfone groups is 1. The molecule has 158 valence electrons. The summed E-state index contributed by atoms with van der Waals surface area (Å²) in [5.41, 5.74) is 3.91. The Morgan fingerprint density at radius 2 is 2.03 bits per heavy atom. The van der Waals surface area contributed by atoms with Crippen LogP contribution in [-0.4, -0.2) is 42.4 Å². The van der Waals surface area contributed by atoms with Crippen molar-refractivity contribution in [2.75, 3.05) is 17.7 Å². The first kappa shape index (κ1) is 21.5. The van der Waals surface area contributed by atoms with E-state index in [4.69, 9.17) is 4.74 Å². The number of fused-ring (bicyclic) bond motifs is 1. The van der Waals surface area contributed by atoms with Gasteiger partial charge in [-0.05, 0) is 44.7 Å². The van der Waals surface area contributed by atoms with Crippen molar-refractivity contribution in [3.63, 3.8) is 0 Å². The van der Waals surface area contributed by atoms with Crippen LogP contribution in [0.5, 0.6) is 0 Å². The van der Waals surface area contributed by atoms with Gasteiger partial charge in [0.1, 0.15) is 5.00 Å². The van der Waals surface area contributed by atoms with Gasteiger partial charge in [0.05, 0.1) is 29.4 Å². The molecule has 1 N–H and O–H groups in total. The molecule has 1 aliphatic heterocycles. The lowest BCUT2D eigenvalue weighted by molar-refractivity contribution is -0.116. The highest BCUT2D eigenvalue weighted by Crippen LogP contribution is 2.38. The molecule has 0 saturated heterocycles. The SMILES string of the molecule is CCOC(=O)c1c(NC(=O)CCc2c(C)nn(C)c2C)sc2c1CCS(=O)(=O)C2. The van der Waals surface area contributed by atoms with Gasteiger partial charge in [-0.3, -0.25) is 9.48 Å². The Hall–Kier alpha value is -2.20. The van der Waals surface area contributed by atoms with E-state index in [1.54, 1.807) is 11.6 Å². The smallest absolute Gasteiger partial charge is 0.341 e. The van der Waals surface area contributed by atoms with E-state index in [2.05, 4.69) is 10.4 Å². The first-order valence-electron chi connectivity index (χ1n) is 9.44. The quantitative estimate of drug-likeness (QED) is 0.692. The number of nitrogens with zero attached hydrogens (tertiary/aromatic N) is 2. The molecule has 3 rings (SSSR count). The second-order valence-corrected chi connectivity index (χ2v) is 10.4. The highest BCUT2D eigenvalue weighted by Gasteiger charge is 2.32. The van der Waals surface area contributed by atoms with Crippen LogP contribution in [0.15, 0.2) is 0 Å². The van der Waals surface area contributed by atoms with E-state index in [0.29, 0.717) is 27.4 Å². The summed E-state index contributed by atoms with van der Waals surface area (Å²) >= 11 is 1.15. The van der Waals surface area contributed by atoms with Gasteiger partial charge in [-0.25, -0.2) is 13.2 Å². The highest BCUT2D eigenvalue weighted by molar-refractivity contribution is 7.90. The predicted molar refractivity (Wildman–Crippen MR) is 111 cm³/mol. The number of ether oxygens (including phenoxy) is 1. The summed E-state index contributed by atoms with van der Waals surface area (Å²) in [6, 6.07) is 0. The molecular formula is C19H25N3O5S2. The van der Waals surface area contributed by atoms with Crippen molar-refractivity contribution in [3.05, 3.63) is 33.0 Å². The van der Waals surface area contributed by atoms with Crippen molar-refractivity contribution in [2.45, 2.75) is 45.8 Å². The van der Waals surface area contributed by atoms with Crippen molar-refractivity contribution in [1.29, 1.82) is 0 Å². The standard InChI is InChI=1S/C19H25N3O5S2/c1-5-27-19(24)17-14-8-9-29(25,26)10-15(14)28-18(17)20-16(23)7-6-13-11(2)21-22(4)12(13)3/h5-10H2,1-4H3,(H,20,23). The van der Waals surface area contributed by atoms with Crippen molar-refractivity contribution < 1.29 is 22.7 Å². The number of anilines is 1. The molecule has 0 fully saturated rings. The minimum absolute atomic E-state index is 0.00388. The van der Waals surface area contributed by atoms with E-state index in [-0.39, 0.29) is 36.9 Å². The first-order valence-corrected chi connectivity index (χ1v) is 12.1. The van der Waals surface area contributed by atoms with Crippen LogP contribution in [0.2, 0.25) is 0 Å². The molecule has 1 amide bonds. The molecule has 0 radical (unpaired) electrons. The Morgan fingerprint density at radius 3 is 2.66 bits per heavy atom. The highest BCUT2D eigenvalue weighted by atomic mass is 32.2. The van der Waals surface area contributed by atoms with Crippen molar-refractivity contribution in [1.82, 2.24) is 9.78 Å². The summed E-state index contributed by atoms with van der Waals surface area (Å²) in [5.74, 6) is -0.877. The van der Waals surface area contributed by atoms with Gasteiger partial charge in [-0.2, -0.15) is 5.10 Å². The van der Waals surface area contributed by atoms with E-state index < -0.39 is 15.8 Å². The third kappa shape index (κ3) is 4.53. The molecular weight excluding hydrogens is 414 g/mol. The average molecular weight is 440 g/mol. The van der Waals surface area contributed by atoms with Crippen LogP contribution in [0.25, 0.3) is 0 Å². The van der Waals surface area contributed by atoms with Gasteiger partial charge in [-0.15, -0.1) is 11.3 Å². The van der Waals surface area contributed by atoms with Gasteiger partial charge in [-0.1, -0.05) is 0 Å². The maximum atomic E-state index is 12.6. The second-order valence-electron chi connectivity index (χ2n) is 7.09. The molecule has 0 aromatic carbocycles. The third-order valence-electron chi connectivity index (χ3n) is 5.10. The minimum atomic E-state index is -3.18. The van der Waals surface area contributed by atoms with Crippen LogP contribution in [0.1, 0.15) is 51.1 Å². The van der Waals surface area contributed by atoms with Crippen LogP contribution < -0.4 is 5.32 Å². The zero-order chi connectivity index (χ0) is 21.3. The lowest BCUT2D eigenvalue weighted by atomic mass is 10.1. The molecule has 3 heterocycles. The molecule has 2 aromatic rings. The zero-order valence-electron chi connectivity index (χ0n) is 17.0. The number of rotatable bonds is 6. The van der Waals surface area contributed by atoms with Gasteiger partial charge >= 0.3 is 5.97 Å². The molecule has 8 nitrogen and oxygen atoms in total. The first-order chi connectivity index (χ1) is 13.6. The maximum Gasteiger partial charge on any atom is 0.341 e. The average Bonchev–Trinajstić information content (AvgIpc) is 3.08. The number of carbonyl (C=O) groups excluding carboxylic acids is 2. The summed E-state index contributed by atoms with van der Waals surface area (Å²) in [6.07, 6.45) is 1.02. The fourth-order valence-electron chi connectivity index (χ4n) is 3.54. The number of thiophene rings is 1. The van der Waals surface area contributed by atoms with Gasteiger partial charge in [0, 0.05) is 24.0 Å². The monoisotopic (exact) mass is 439 g/mol. The van der Waals surface area contributed by atoms with E-state index >= 15 is 0 Å². The molecule has 29 heavy (non-hydrogen) atoms. The molecule has 10 heteroatoms. The molecule has 0 aliphatic carbocycles. The Kier molecular flexibility index (Phi) is 6.13. The molecule has 2 aromatic heterocycles. The minimum Gasteiger partial charge on any atom is -0.462 e. The lowest BCUT2D eigenvalue weighted by Gasteiger charge is -2.13. The maximum absolute atomic E-state index is 12.6. The van der Waals surface area contributed by atoms with E-state index in [1.165, 1.54) is 0 Å². The van der Waals surface area contributed by atoms with Crippen LogP contribution >= 0.6 is 11.3 Å². The summed E-state index contributed by atoms with van der Waals surface area (Å²) in [5, 5.41) is 7.53.